The minimum absolute atomic E-state index is 0.104. The Bertz CT molecular complexity index is 431. The number of amidine groups is 1. The van der Waals surface area contributed by atoms with Crippen LogP contribution in [-0.2, 0) is 0 Å². The van der Waals surface area contributed by atoms with Crippen LogP contribution < -0.4 is 15.8 Å². The average Bonchev–Trinajstić information content (AvgIpc) is 3.00. The van der Waals surface area contributed by atoms with Gasteiger partial charge in [0.25, 0.3) is 0 Å². The van der Waals surface area contributed by atoms with Gasteiger partial charge in [-0.25, -0.2) is 0 Å². The first-order valence-electron chi connectivity index (χ1n) is 6.79. The van der Waals surface area contributed by atoms with E-state index in [0.717, 1.165) is 24.8 Å². The van der Waals surface area contributed by atoms with E-state index in [4.69, 9.17) is 15.7 Å². The van der Waals surface area contributed by atoms with Crippen LogP contribution in [0.2, 0.25) is 0 Å². The van der Waals surface area contributed by atoms with Gasteiger partial charge >= 0.3 is 0 Å². The van der Waals surface area contributed by atoms with Crippen molar-refractivity contribution < 1.29 is 9.94 Å². The molecule has 1 aromatic rings. The van der Waals surface area contributed by atoms with Gasteiger partial charge in [-0.2, -0.15) is 11.8 Å². The molecule has 1 atom stereocenters. The van der Waals surface area contributed by atoms with Crippen molar-refractivity contribution in [2.24, 2.45) is 16.8 Å². The fourth-order valence-corrected chi connectivity index (χ4v) is 3.36. The van der Waals surface area contributed by atoms with Crippen molar-refractivity contribution in [1.29, 1.82) is 0 Å². The number of hydrogen-bond acceptors (Lipinski definition) is 5. The zero-order valence-electron chi connectivity index (χ0n) is 11.4. The molecule has 0 saturated carbocycles. The minimum Gasteiger partial charge on any atom is -0.492 e. The zero-order chi connectivity index (χ0) is 14.2. The maximum Gasteiger partial charge on any atom is 0.170 e. The van der Waals surface area contributed by atoms with Gasteiger partial charge in [-0.1, -0.05) is 5.16 Å². The molecule has 0 radical (unpaired) electrons. The lowest BCUT2D eigenvalue weighted by Crippen LogP contribution is -2.27. The van der Waals surface area contributed by atoms with E-state index in [-0.39, 0.29) is 5.84 Å². The molecule has 5 nitrogen and oxygen atoms in total. The van der Waals surface area contributed by atoms with Crippen LogP contribution >= 0.6 is 11.8 Å². The number of nitrogens with zero attached hydrogens (tertiary/aromatic N) is 1. The summed E-state index contributed by atoms with van der Waals surface area (Å²) in [5, 5.41) is 15.0. The first-order valence-corrected chi connectivity index (χ1v) is 7.94. The molecule has 1 saturated heterocycles. The summed E-state index contributed by atoms with van der Waals surface area (Å²) in [6, 6.07) is 7.18. The number of ether oxygens (including phenoxy) is 1. The van der Waals surface area contributed by atoms with Crippen LogP contribution in [-0.4, -0.2) is 42.2 Å². The highest BCUT2D eigenvalue weighted by Crippen LogP contribution is 2.22. The fourth-order valence-electron chi connectivity index (χ4n) is 2.07. The maximum atomic E-state index is 8.57. The van der Waals surface area contributed by atoms with Crippen LogP contribution in [0.1, 0.15) is 12.0 Å². The normalized spacial score (nSPS) is 19.2. The first kappa shape index (κ1) is 15.0. The van der Waals surface area contributed by atoms with Gasteiger partial charge in [0, 0.05) is 12.1 Å². The molecule has 0 spiro atoms. The van der Waals surface area contributed by atoms with Crippen molar-refractivity contribution in [2.45, 2.75) is 6.42 Å². The number of nitrogens with one attached hydrogen (secondary N) is 1. The summed E-state index contributed by atoms with van der Waals surface area (Å²) in [6.07, 6.45) is 1.33. The number of thioether (sulfide) groups is 1. The zero-order valence-corrected chi connectivity index (χ0v) is 12.2. The van der Waals surface area contributed by atoms with Gasteiger partial charge in [0.05, 0.1) is 0 Å². The van der Waals surface area contributed by atoms with Crippen LogP contribution in [0.15, 0.2) is 29.4 Å². The molecule has 1 aliphatic heterocycles. The van der Waals surface area contributed by atoms with E-state index < -0.39 is 0 Å². The predicted octanol–water partition coefficient (Wildman–Crippen LogP) is 1.50. The molecule has 0 bridgehead atoms. The van der Waals surface area contributed by atoms with Crippen molar-refractivity contribution in [1.82, 2.24) is 5.32 Å². The highest BCUT2D eigenvalue weighted by Gasteiger charge is 2.14. The summed E-state index contributed by atoms with van der Waals surface area (Å²) in [7, 11) is 0. The second kappa shape index (κ2) is 8.01. The number of oxime groups is 1. The van der Waals surface area contributed by atoms with Gasteiger partial charge in [0.15, 0.2) is 5.84 Å². The monoisotopic (exact) mass is 295 g/mol. The van der Waals surface area contributed by atoms with Gasteiger partial charge in [0.1, 0.15) is 12.4 Å². The number of rotatable bonds is 7. The van der Waals surface area contributed by atoms with Crippen molar-refractivity contribution >= 4 is 17.6 Å². The van der Waals surface area contributed by atoms with Gasteiger partial charge < -0.3 is 21.0 Å². The molecule has 6 heteroatoms. The SMILES string of the molecule is N/C(=N/O)c1ccc(OCCNCC2CCSC2)cc1. The summed E-state index contributed by atoms with van der Waals surface area (Å²) < 4.78 is 5.63. The molecule has 20 heavy (non-hydrogen) atoms. The highest BCUT2D eigenvalue weighted by molar-refractivity contribution is 7.99. The molecule has 0 aromatic heterocycles. The van der Waals surface area contributed by atoms with Gasteiger partial charge in [0.2, 0.25) is 0 Å². The Morgan fingerprint density at radius 2 is 2.25 bits per heavy atom. The average molecular weight is 295 g/mol. The third-order valence-corrected chi connectivity index (χ3v) is 4.49. The lowest BCUT2D eigenvalue weighted by Gasteiger charge is -2.11. The largest absolute Gasteiger partial charge is 0.492 e. The number of hydrogen-bond donors (Lipinski definition) is 3. The molecule has 110 valence electrons. The Morgan fingerprint density at radius 1 is 1.45 bits per heavy atom. The molecule has 1 heterocycles. The standard InChI is InChI=1S/C14H21N3O2S/c15-14(17-18)12-1-3-13(4-2-12)19-7-6-16-9-11-5-8-20-10-11/h1-4,11,16,18H,5-10H2,(H2,15,17). The molecule has 0 amide bonds. The number of benzene rings is 1. The van der Waals surface area contributed by atoms with Crippen molar-refractivity contribution in [3.63, 3.8) is 0 Å². The number of nitrogens with two attached hydrogens (primary N) is 1. The Labute approximate surface area is 123 Å². The van der Waals surface area contributed by atoms with Gasteiger partial charge in [-0.15, -0.1) is 0 Å². The molecule has 0 aliphatic carbocycles. The van der Waals surface area contributed by atoms with Crippen LogP contribution in [0.5, 0.6) is 5.75 Å². The Balaban J connectivity index is 1.63. The summed E-state index contributed by atoms with van der Waals surface area (Å²) in [5.74, 6) is 4.30. The van der Waals surface area contributed by atoms with Crippen molar-refractivity contribution in [3.8, 4) is 5.75 Å². The Kier molecular flexibility index (Phi) is 6.01. The van der Waals surface area contributed by atoms with E-state index in [2.05, 4.69) is 10.5 Å². The Morgan fingerprint density at radius 3 is 2.90 bits per heavy atom. The maximum absolute atomic E-state index is 8.57. The van der Waals surface area contributed by atoms with E-state index in [0.29, 0.717) is 12.2 Å². The Hall–Kier alpha value is -1.40. The summed E-state index contributed by atoms with van der Waals surface area (Å²) in [5.41, 5.74) is 6.17. The third kappa shape index (κ3) is 4.61. The van der Waals surface area contributed by atoms with E-state index in [1.165, 1.54) is 17.9 Å². The van der Waals surface area contributed by atoms with E-state index in [9.17, 15) is 0 Å². The van der Waals surface area contributed by atoms with Crippen LogP contribution in [0, 0.1) is 5.92 Å². The summed E-state index contributed by atoms with van der Waals surface area (Å²) >= 11 is 2.04. The van der Waals surface area contributed by atoms with Crippen molar-refractivity contribution in [3.05, 3.63) is 29.8 Å². The van der Waals surface area contributed by atoms with E-state index >= 15 is 0 Å². The minimum atomic E-state index is 0.104. The quantitative estimate of drug-likeness (QED) is 0.233. The topological polar surface area (TPSA) is 79.9 Å². The van der Waals surface area contributed by atoms with E-state index in [1.807, 2.05) is 23.9 Å². The van der Waals surface area contributed by atoms with Gasteiger partial charge in [-0.05, 0) is 54.7 Å². The smallest absolute Gasteiger partial charge is 0.170 e. The van der Waals surface area contributed by atoms with Crippen LogP contribution in [0.4, 0.5) is 0 Å². The van der Waals surface area contributed by atoms with Gasteiger partial charge in [-0.3, -0.25) is 0 Å². The predicted molar refractivity (Wildman–Crippen MR) is 82.7 cm³/mol. The van der Waals surface area contributed by atoms with Crippen LogP contribution in [0.3, 0.4) is 0 Å². The molecular weight excluding hydrogens is 274 g/mol. The lowest BCUT2D eigenvalue weighted by atomic mass is 10.1. The molecular formula is C14H21N3O2S. The molecule has 1 aliphatic rings. The van der Waals surface area contributed by atoms with E-state index in [1.54, 1.807) is 12.1 Å². The van der Waals surface area contributed by atoms with Crippen LogP contribution in [0.25, 0.3) is 0 Å². The first-order chi connectivity index (χ1) is 9.79. The third-order valence-electron chi connectivity index (χ3n) is 3.26. The lowest BCUT2D eigenvalue weighted by molar-refractivity contribution is 0.310. The molecule has 1 unspecified atom stereocenters. The molecule has 1 aromatic carbocycles. The second-order valence-corrected chi connectivity index (χ2v) is 5.94. The molecule has 1 fully saturated rings. The molecule has 4 N–H and O–H groups in total. The van der Waals surface area contributed by atoms with Crippen molar-refractivity contribution in [2.75, 3.05) is 31.2 Å². The fraction of sp³-hybridized carbons (Fsp3) is 0.500. The summed E-state index contributed by atoms with van der Waals surface area (Å²) in [6.45, 7) is 2.57. The second-order valence-electron chi connectivity index (χ2n) is 4.79. The summed E-state index contributed by atoms with van der Waals surface area (Å²) in [4.78, 5) is 0. The molecule has 2 rings (SSSR count). The highest BCUT2D eigenvalue weighted by atomic mass is 32.2.